The van der Waals surface area contributed by atoms with E-state index in [1.807, 2.05) is 35.7 Å². The van der Waals surface area contributed by atoms with Gasteiger partial charge in [-0.25, -0.2) is 4.98 Å². The Labute approximate surface area is 151 Å². The Bertz CT molecular complexity index is 1050. The maximum Gasteiger partial charge on any atom is 0.276 e. The molecule has 0 N–H and O–H groups in total. The molecule has 6 heteroatoms. The SMILES string of the molecule is Cc1cn2c(C3CCOCC3)ncc2c(=O)n1Cc1ccccc1C#N. The van der Waals surface area contributed by atoms with Gasteiger partial charge in [-0.2, -0.15) is 5.26 Å². The second kappa shape index (κ2) is 6.77. The highest BCUT2D eigenvalue weighted by Crippen LogP contribution is 2.26. The fourth-order valence-electron chi connectivity index (χ4n) is 3.62. The van der Waals surface area contributed by atoms with Crippen LogP contribution in [-0.4, -0.2) is 27.2 Å². The molecule has 1 aliphatic heterocycles. The quantitative estimate of drug-likeness (QED) is 0.729. The first kappa shape index (κ1) is 16.6. The zero-order chi connectivity index (χ0) is 18.1. The molecule has 4 rings (SSSR count). The summed E-state index contributed by atoms with van der Waals surface area (Å²) in [6.07, 6.45) is 5.50. The Hall–Kier alpha value is -2.91. The smallest absolute Gasteiger partial charge is 0.276 e. The highest BCUT2D eigenvalue weighted by molar-refractivity contribution is 5.46. The van der Waals surface area contributed by atoms with E-state index in [4.69, 9.17) is 4.74 Å². The van der Waals surface area contributed by atoms with Gasteiger partial charge >= 0.3 is 0 Å². The highest BCUT2D eigenvalue weighted by atomic mass is 16.5. The molecule has 0 bridgehead atoms. The van der Waals surface area contributed by atoms with Gasteiger partial charge in [-0.1, -0.05) is 18.2 Å². The molecule has 3 heterocycles. The molecule has 1 fully saturated rings. The zero-order valence-electron chi connectivity index (χ0n) is 14.7. The van der Waals surface area contributed by atoms with Gasteiger partial charge < -0.3 is 9.30 Å². The summed E-state index contributed by atoms with van der Waals surface area (Å²) in [5, 5.41) is 9.29. The predicted molar refractivity (Wildman–Crippen MR) is 97.2 cm³/mol. The normalized spacial score (nSPS) is 15.2. The van der Waals surface area contributed by atoms with Gasteiger partial charge in [0, 0.05) is 31.0 Å². The Morgan fingerprint density at radius 1 is 1.31 bits per heavy atom. The van der Waals surface area contributed by atoms with Crippen LogP contribution in [0.1, 0.15) is 41.4 Å². The third kappa shape index (κ3) is 2.80. The fourth-order valence-corrected chi connectivity index (χ4v) is 3.62. The molecule has 1 saturated heterocycles. The van der Waals surface area contributed by atoms with Crippen LogP contribution in [0.25, 0.3) is 5.52 Å². The summed E-state index contributed by atoms with van der Waals surface area (Å²) in [7, 11) is 0. The standard InChI is InChI=1S/C20H20N4O2/c1-14-12-24-18(11-22-19(24)15-6-8-26-9-7-15)20(25)23(14)13-17-5-3-2-4-16(17)10-21/h2-5,11-12,15H,6-9,13H2,1H3. The number of aryl methyl sites for hydroxylation is 1. The Balaban J connectivity index is 1.78. The highest BCUT2D eigenvalue weighted by Gasteiger charge is 2.22. The summed E-state index contributed by atoms with van der Waals surface area (Å²) in [6, 6.07) is 9.57. The minimum Gasteiger partial charge on any atom is -0.381 e. The largest absolute Gasteiger partial charge is 0.381 e. The summed E-state index contributed by atoms with van der Waals surface area (Å²) < 4.78 is 9.08. The van der Waals surface area contributed by atoms with E-state index in [1.165, 1.54) is 0 Å². The third-order valence-corrected chi connectivity index (χ3v) is 5.08. The first-order chi connectivity index (χ1) is 12.7. The molecule has 3 aromatic rings. The average Bonchev–Trinajstić information content (AvgIpc) is 3.10. The monoisotopic (exact) mass is 348 g/mol. The maximum atomic E-state index is 13.0. The van der Waals surface area contributed by atoms with E-state index in [0.717, 1.165) is 43.1 Å². The average molecular weight is 348 g/mol. The molecule has 0 saturated carbocycles. The molecule has 26 heavy (non-hydrogen) atoms. The molecule has 1 aromatic carbocycles. The molecule has 2 aromatic heterocycles. The molecule has 0 radical (unpaired) electrons. The van der Waals surface area contributed by atoms with Gasteiger partial charge in [0.1, 0.15) is 11.3 Å². The van der Waals surface area contributed by atoms with Gasteiger partial charge in [0.15, 0.2) is 0 Å². The van der Waals surface area contributed by atoms with E-state index in [9.17, 15) is 10.1 Å². The number of benzene rings is 1. The van der Waals surface area contributed by atoms with Crippen LogP contribution in [0.2, 0.25) is 0 Å². The van der Waals surface area contributed by atoms with Crippen molar-refractivity contribution in [1.29, 1.82) is 5.26 Å². The van der Waals surface area contributed by atoms with Gasteiger partial charge in [0.05, 0.1) is 24.4 Å². The Morgan fingerprint density at radius 2 is 2.08 bits per heavy atom. The van der Waals surface area contributed by atoms with Crippen LogP contribution >= 0.6 is 0 Å². The first-order valence-electron chi connectivity index (χ1n) is 8.82. The van der Waals surface area contributed by atoms with Crippen molar-refractivity contribution in [3.8, 4) is 6.07 Å². The minimum atomic E-state index is -0.0800. The molecule has 1 aliphatic rings. The van der Waals surface area contributed by atoms with E-state index in [0.29, 0.717) is 23.5 Å². The molecule has 0 amide bonds. The molecule has 0 aliphatic carbocycles. The van der Waals surface area contributed by atoms with Crippen molar-refractivity contribution in [2.75, 3.05) is 13.2 Å². The maximum absolute atomic E-state index is 13.0. The number of nitriles is 1. The van der Waals surface area contributed by atoms with Crippen molar-refractivity contribution in [3.05, 3.63) is 69.7 Å². The predicted octanol–water partition coefficient (Wildman–Crippen LogP) is 2.62. The van der Waals surface area contributed by atoms with Crippen LogP contribution in [-0.2, 0) is 11.3 Å². The third-order valence-electron chi connectivity index (χ3n) is 5.08. The van der Waals surface area contributed by atoms with Crippen molar-refractivity contribution >= 4 is 5.52 Å². The first-order valence-corrected chi connectivity index (χ1v) is 8.82. The van der Waals surface area contributed by atoms with Crippen LogP contribution in [0.15, 0.2) is 41.5 Å². The lowest BCUT2D eigenvalue weighted by molar-refractivity contribution is 0.0835. The van der Waals surface area contributed by atoms with Crippen molar-refractivity contribution in [1.82, 2.24) is 14.0 Å². The van der Waals surface area contributed by atoms with Gasteiger partial charge in [-0.3, -0.25) is 9.20 Å². The van der Waals surface area contributed by atoms with Crippen molar-refractivity contribution in [2.45, 2.75) is 32.2 Å². The number of imidazole rings is 1. The van der Waals surface area contributed by atoms with Crippen LogP contribution in [0.4, 0.5) is 0 Å². The van der Waals surface area contributed by atoms with E-state index in [2.05, 4.69) is 11.1 Å². The molecule has 0 spiro atoms. The number of nitrogens with zero attached hydrogens (tertiary/aromatic N) is 4. The van der Waals surface area contributed by atoms with E-state index >= 15 is 0 Å². The summed E-state index contributed by atoms with van der Waals surface area (Å²) in [6.45, 7) is 3.77. The minimum absolute atomic E-state index is 0.0800. The molecule has 6 nitrogen and oxygen atoms in total. The summed E-state index contributed by atoms with van der Waals surface area (Å²) in [5.74, 6) is 1.26. The molecular weight excluding hydrogens is 328 g/mol. The van der Waals surface area contributed by atoms with Crippen LogP contribution in [0.3, 0.4) is 0 Å². The van der Waals surface area contributed by atoms with Crippen molar-refractivity contribution < 1.29 is 4.74 Å². The van der Waals surface area contributed by atoms with E-state index in [-0.39, 0.29) is 5.56 Å². The molecule has 0 unspecified atom stereocenters. The van der Waals surface area contributed by atoms with Crippen molar-refractivity contribution in [2.24, 2.45) is 0 Å². The summed E-state index contributed by atoms with van der Waals surface area (Å²) in [4.78, 5) is 17.6. The topological polar surface area (TPSA) is 72.3 Å². The fraction of sp³-hybridized carbons (Fsp3) is 0.350. The number of rotatable bonds is 3. The number of hydrogen-bond donors (Lipinski definition) is 0. The van der Waals surface area contributed by atoms with Gasteiger partial charge in [-0.05, 0) is 31.4 Å². The number of hydrogen-bond acceptors (Lipinski definition) is 4. The number of fused-ring (bicyclic) bond motifs is 1. The van der Waals surface area contributed by atoms with Crippen LogP contribution in [0.5, 0.6) is 0 Å². The van der Waals surface area contributed by atoms with Gasteiger partial charge in [0.2, 0.25) is 0 Å². The molecule has 0 atom stereocenters. The van der Waals surface area contributed by atoms with Gasteiger partial charge in [-0.15, -0.1) is 0 Å². The Morgan fingerprint density at radius 3 is 2.85 bits per heavy atom. The lowest BCUT2D eigenvalue weighted by Crippen LogP contribution is -2.26. The van der Waals surface area contributed by atoms with E-state index in [1.54, 1.807) is 16.8 Å². The molecule has 132 valence electrons. The second-order valence-electron chi connectivity index (χ2n) is 6.69. The second-order valence-corrected chi connectivity index (χ2v) is 6.69. The zero-order valence-corrected chi connectivity index (χ0v) is 14.7. The number of aromatic nitrogens is 3. The molecular formula is C20H20N4O2. The lowest BCUT2D eigenvalue weighted by atomic mass is 10.00. The van der Waals surface area contributed by atoms with Crippen LogP contribution in [0, 0.1) is 18.3 Å². The lowest BCUT2D eigenvalue weighted by Gasteiger charge is -2.21. The summed E-state index contributed by atoms with van der Waals surface area (Å²) >= 11 is 0. The van der Waals surface area contributed by atoms with Gasteiger partial charge in [0.25, 0.3) is 5.56 Å². The van der Waals surface area contributed by atoms with Crippen LogP contribution < -0.4 is 5.56 Å². The van der Waals surface area contributed by atoms with E-state index < -0.39 is 0 Å². The van der Waals surface area contributed by atoms with Crippen molar-refractivity contribution in [3.63, 3.8) is 0 Å². The summed E-state index contributed by atoms with van der Waals surface area (Å²) in [5.41, 5.74) is 2.78. The Kier molecular flexibility index (Phi) is 4.31. The number of ether oxygens (including phenoxy) is 1.